The average Bonchev–Trinajstić information content (AvgIpc) is 2.56. The predicted molar refractivity (Wildman–Crippen MR) is 109 cm³/mol. The molecule has 0 radical (unpaired) electrons. The van der Waals surface area contributed by atoms with Gasteiger partial charge >= 0.3 is 29.6 Å². The number of aliphatic hydroxyl groups excluding tert-OH is 1. The minimum absolute atomic E-state index is 0. The molecule has 148 valence electrons. The molecule has 0 saturated heterocycles. The normalized spacial score (nSPS) is 11.4. The molecule has 0 aromatic heterocycles. The molecule has 0 aliphatic carbocycles. The van der Waals surface area contributed by atoms with Gasteiger partial charge in [-0.05, 0) is 12.8 Å². The maximum atomic E-state index is 11.4. The third kappa shape index (κ3) is 22.8. The van der Waals surface area contributed by atoms with Crippen LogP contribution < -0.4 is 0 Å². The standard InChI is InChI=1S/C19H40O4S.Na.H/c1-2-3-4-5-6-7-8-9-10-11-12-13-14-15-18-23-24(21,22)19-16-17-20;;/h20H,2-19H2,1H3;;. The fourth-order valence-electron chi connectivity index (χ4n) is 2.78. The molecule has 25 heavy (non-hydrogen) atoms. The first kappa shape index (κ1) is 28.1. The first-order valence-electron chi connectivity index (χ1n) is 10.1. The average molecular weight is 389 g/mol. The summed E-state index contributed by atoms with van der Waals surface area (Å²) in [6, 6.07) is 0. The van der Waals surface area contributed by atoms with Crippen LogP contribution in [0.3, 0.4) is 0 Å². The van der Waals surface area contributed by atoms with Crippen LogP contribution in [0.15, 0.2) is 0 Å². The van der Waals surface area contributed by atoms with Gasteiger partial charge in [0.15, 0.2) is 0 Å². The van der Waals surface area contributed by atoms with Gasteiger partial charge in [0.2, 0.25) is 0 Å². The van der Waals surface area contributed by atoms with Gasteiger partial charge in [0, 0.05) is 6.61 Å². The summed E-state index contributed by atoms with van der Waals surface area (Å²) in [4.78, 5) is 0. The van der Waals surface area contributed by atoms with Gasteiger partial charge in [0.05, 0.1) is 12.4 Å². The van der Waals surface area contributed by atoms with E-state index < -0.39 is 10.1 Å². The molecule has 0 aromatic carbocycles. The van der Waals surface area contributed by atoms with E-state index in [-0.39, 0.29) is 54.9 Å². The molecule has 0 fully saturated rings. The zero-order valence-corrected chi connectivity index (χ0v) is 16.6. The Kier molecular flexibility index (Phi) is 23.8. The summed E-state index contributed by atoms with van der Waals surface area (Å²) in [6.45, 7) is 2.43. The van der Waals surface area contributed by atoms with Gasteiger partial charge in [-0.25, -0.2) is 0 Å². The fraction of sp³-hybridized carbons (Fsp3) is 1.00. The molecule has 4 nitrogen and oxygen atoms in total. The topological polar surface area (TPSA) is 63.6 Å². The summed E-state index contributed by atoms with van der Waals surface area (Å²) in [5.74, 6) is -0.0812. The van der Waals surface area contributed by atoms with Gasteiger partial charge in [-0.15, -0.1) is 0 Å². The number of unbranched alkanes of at least 4 members (excludes halogenated alkanes) is 13. The van der Waals surface area contributed by atoms with Crippen molar-refractivity contribution in [3.63, 3.8) is 0 Å². The van der Waals surface area contributed by atoms with Crippen molar-refractivity contribution < 1.29 is 17.7 Å². The van der Waals surface area contributed by atoms with Crippen molar-refractivity contribution in [3.05, 3.63) is 0 Å². The summed E-state index contributed by atoms with van der Waals surface area (Å²) in [5, 5.41) is 8.61. The van der Waals surface area contributed by atoms with E-state index in [4.69, 9.17) is 9.29 Å². The zero-order valence-electron chi connectivity index (χ0n) is 15.8. The second-order valence-corrected chi connectivity index (χ2v) is 8.52. The number of hydrogen-bond donors (Lipinski definition) is 1. The molecule has 1 N–H and O–H groups in total. The molecule has 0 unspecified atom stereocenters. The molecule has 0 bridgehead atoms. The van der Waals surface area contributed by atoms with E-state index in [1.54, 1.807) is 0 Å². The molecule has 0 aliphatic rings. The SMILES string of the molecule is CCCCCCCCCCCCCCCCOS(=O)(=O)CCCO.[NaH]. The Morgan fingerprint density at radius 2 is 1.08 bits per heavy atom. The number of aliphatic hydroxyl groups is 1. The summed E-state index contributed by atoms with van der Waals surface area (Å²) in [5.41, 5.74) is 0. The number of rotatable bonds is 19. The van der Waals surface area contributed by atoms with Crippen LogP contribution >= 0.6 is 0 Å². The van der Waals surface area contributed by atoms with Gasteiger partial charge in [-0.2, -0.15) is 8.42 Å². The van der Waals surface area contributed by atoms with Crippen molar-refractivity contribution in [2.24, 2.45) is 0 Å². The van der Waals surface area contributed by atoms with Crippen molar-refractivity contribution >= 4 is 39.7 Å². The van der Waals surface area contributed by atoms with E-state index in [9.17, 15) is 8.42 Å². The van der Waals surface area contributed by atoms with Gasteiger partial charge in [-0.1, -0.05) is 90.4 Å². The van der Waals surface area contributed by atoms with E-state index in [0.717, 1.165) is 19.3 Å². The molecule has 0 saturated carbocycles. The summed E-state index contributed by atoms with van der Waals surface area (Å²) in [7, 11) is -3.42. The summed E-state index contributed by atoms with van der Waals surface area (Å²) in [6.07, 6.45) is 18.2. The molecule has 0 aromatic rings. The van der Waals surface area contributed by atoms with Crippen molar-refractivity contribution in [1.82, 2.24) is 0 Å². The van der Waals surface area contributed by atoms with Gasteiger partial charge in [-0.3, -0.25) is 4.18 Å². The molecule has 0 spiro atoms. The van der Waals surface area contributed by atoms with E-state index in [0.29, 0.717) is 0 Å². The zero-order chi connectivity index (χ0) is 17.9. The molecule has 6 heteroatoms. The Labute approximate surface area is 178 Å². The van der Waals surface area contributed by atoms with Crippen LogP contribution in [0.4, 0.5) is 0 Å². The third-order valence-electron chi connectivity index (χ3n) is 4.31. The van der Waals surface area contributed by atoms with Crippen LogP contribution in [0.25, 0.3) is 0 Å². The van der Waals surface area contributed by atoms with Crippen LogP contribution in [-0.4, -0.2) is 62.0 Å². The summed E-state index contributed by atoms with van der Waals surface area (Å²) < 4.78 is 27.7. The molecule has 0 amide bonds. The second kappa shape index (κ2) is 21.2. The van der Waals surface area contributed by atoms with Crippen LogP contribution in [0.5, 0.6) is 0 Å². The second-order valence-electron chi connectivity index (χ2n) is 6.76. The van der Waals surface area contributed by atoms with Crippen molar-refractivity contribution in [1.29, 1.82) is 0 Å². The van der Waals surface area contributed by atoms with E-state index in [1.165, 1.54) is 70.6 Å². The van der Waals surface area contributed by atoms with Crippen LogP contribution in [0.1, 0.15) is 103 Å². The Morgan fingerprint density at radius 1 is 0.680 bits per heavy atom. The molecule has 0 atom stereocenters. The van der Waals surface area contributed by atoms with Crippen LogP contribution in [-0.2, 0) is 14.3 Å². The summed E-state index contributed by atoms with van der Waals surface area (Å²) >= 11 is 0. The van der Waals surface area contributed by atoms with Gasteiger partial charge < -0.3 is 5.11 Å². The molecule has 0 heterocycles. The number of hydrogen-bond acceptors (Lipinski definition) is 4. The Balaban J connectivity index is 0. The monoisotopic (exact) mass is 388 g/mol. The van der Waals surface area contributed by atoms with Crippen molar-refractivity contribution in [3.8, 4) is 0 Å². The van der Waals surface area contributed by atoms with Gasteiger partial charge in [0.25, 0.3) is 10.1 Å². The third-order valence-corrected chi connectivity index (χ3v) is 5.63. The first-order valence-corrected chi connectivity index (χ1v) is 11.7. The van der Waals surface area contributed by atoms with E-state index in [2.05, 4.69) is 6.92 Å². The van der Waals surface area contributed by atoms with Crippen LogP contribution in [0, 0.1) is 0 Å². The molecule has 0 rings (SSSR count). The van der Waals surface area contributed by atoms with E-state index in [1.807, 2.05) is 0 Å². The Morgan fingerprint density at radius 3 is 1.48 bits per heavy atom. The minimum atomic E-state index is -3.42. The van der Waals surface area contributed by atoms with E-state index >= 15 is 0 Å². The Hall–Kier alpha value is 0.870. The molecule has 0 aliphatic heterocycles. The molecular formula is C19H41NaO4S. The maximum absolute atomic E-state index is 11.4. The van der Waals surface area contributed by atoms with Crippen LogP contribution in [0.2, 0.25) is 0 Å². The predicted octanol–water partition coefficient (Wildman–Crippen LogP) is 4.55. The fourth-order valence-corrected chi connectivity index (χ4v) is 3.76. The Bertz CT molecular complexity index is 347. The quantitative estimate of drug-likeness (QED) is 0.200. The van der Waals surface area contributed by atoms with Crippen molar-refractivity contribution in [2.75, 3.05) is 19.0 Å². The first-order chi connectivity index (χ1) is 11.6. The molecular weight excluding hydrogens is 347 g/mol. The van der Waals surface area contributed by atoms with Gasteiger partial charge in [0.1, 0.15) is 0 Å². The van der Waals surface area contributed by atoms with Crippen molar-refractivity contribution in [2.45, 2.75) is 103 Å².